The smallest absolute Gasteiger partial charge is 0.303 e. The Hall–Kier alpha value is -1.75. The van der Waals surface area contributed by atoms with E-state index in [4.69, 9.17) is 34.8 Å². The van der Waals surface area contributed by atoms with Crippen molar-refractivity contribution in [2.75, 3.05) is 5.32 Å². The molecule has 0 saturated heterocycles. The van der Waals surface area contributed by atoms with Gasteiger partial charge in [-0.25, -0.2) is 0 Å². The van der Waals surface area contributed by atoms with Crippen LogP contribution in [0.5, 0.6) is 0 Å². The van der Waals surface area contributed by atoms with Crippen molar-refractivity contribution in [1.29, 1.82) is 0 Å². The fraction of sp³-hybridized carbons (Fsp3) is 0.188. The first-order chi connectivity index (χ1) is 13.5. The first-order valence-corrected chi connectivity index (χ1v) is 9.68. The van der Waals surface area contributed by atoms with Gasteiger partial charge >= 0.3 is 6.18 Å². The van der Waals surface area contributed by atoms with Crippen LogP contribution < -0.4 is 5.32 Å². The zero-order valence-electron chi connectivity index (χ0n) is 14.4. The summed E-state index contributed by atoms with van der Waals surface area (Å²) in [5.41, 5.74) is -1.05. The molecule has 0 saturated carbocycles. The van der Waals surface area contributed by atoms with Crippen molar-refractivity contribution in [2.45, 2.75) is 12.7 Å². The summed E-state index contributed by atoms with van der Waals surface area (Å²) >= 11 is 21.0. The Kier molecular flexibility index (Phi) is 6.19. The Balaban J connectivity index is 1.82. The second kappa shape index (κ2) is 8.17. The number of aryl methyl sites for hydroxylation is 1. The monoisotopic (exact) mass is 529 g/mol. The van der Waals surface area contributed by atoms with E-state index in [0.717, 1.165) is 12.6 Å². The van der Waals surface area contributed by atoms with Crippen LogP contribution in [0.3, 0.4) is 0 Å². The van der Waals surface area contributed by atoms with E-state index < -0.39 is 28.5 Å². The normalized spacial score (nSPS) is 11.7. The number of carbonyl (C=O) groups excluding carboxylic acids is 1. The highest BCUT2D eigenvalue weighted by Crippen LogP contribution is 2.36. The third-order valence-corrected chi connectivity index (χ3v) is 5.29. The number of benzene rings is 1. The molecule has 0 aliphatic heterocycles. The van der Waals surface area contributed by atoms with Gasteiger partial charge in [-0.15, -0.1) is 0 Å². The van der Waals surface area contributed by atoms with E-state index in [1.165, 1.54) is 4.68 Å². The molecule has 0 spiro atoms. The first kappa shape index (κ1) is 21.9. The molecule has 0 bridgehead atoms. The molecule has 2 aromatic heterocycles. The fourth-order valence-electron chi connectivity index (χ4n) is 2.51. The number of amides is 1. The standard InChI is InChI=1S/C16H10BrCl3F3N5O/c1-27-13(16(21,22)23)11(20)12(25-27)15(29)24-14-9(17)6-28(26-14)5-7-2-3-8(18)4-10(7)19/h2-4,6H,5H2,1H3,(H,24,26,29). The zero-order valence-corrected chi connectivity index (χ0v) is 18.2. The van der Waals surface area contributed by atoms with Gasteiger partial charge in [-0.2, -0.15) is 23.4 Å². The maximum absolute atomic E-state index is 13.0. The van der Waals surface area contributed by atoms with Crippen LogP contribution in [0.4, 0.5) is 19.0 Å². The van der Waals surface area contributed by atoms with Gasteiger partial charge in [0.25, 0.3) is 5.91 Å². The summed E-state index contributed by atoms with van der Waals surface area (Å²) in [6.45, 7) is 0.271. The van der Waals surface area contributed by atoms with Crippen LogP contribution in [-0.4, -0.2) is 25.5 Å². The summed E-state index contributed by atoms with van der Waals surface area (Å²) in [5, 5.41) is 10.3. The van der Waals surface area contributed by atoms with Gasteiger partial charge in [0.1, 0.15) is 5.02 Å². The molecule has 0 radical (unpaired) electrons. The van der Waals surface area contributed by atoms with Crippen LogP contribution in [0, 0.1) is 0 Å². The van der Waals surface area contributed by atoms with Crippen LogP contribution >= 0.6 is 50.7 Å². The van der Waals surface area contributed by atoms with Gasteiger partial charge in [-0.3, -0.25) is 14.2 Å². The third kappa shape index (κ3) is 4.71. The minimum absolute atomic E-state index is 0.0790. The lowest BCUT2D eigenvalue weighted by molar-refractivity contribution is -0.143. The van der Waals surface area contributed by atoms with Gasteiger partial charge in [-0.1, -0.05) is 40.9 Å². The third-order valence-electron chi connectivity index (χ3n) is 3.77. The summed E-state index contributed by atoms with van der Waals surface area (Å²) in [4.78, 5) is 12.4. The number of hydrogen-bond acceptors (Lipinski definition) is 3. The van der Waals surface area contributed by atoms with Gasteiger partial charge in [0.15, 0.2) is 17.2 Å². The highest BCUT2D eigenvalue weighted by Gasteiger charge is 2.40. The number of anilines is 1. The van der Waals surface area contributed by atoms with Gasteiger partial charge in [0, 0.05) is 23.3 Å². The van der Waals surface area contributed by atoms with Crippen LogP contribution in [-0.2, 0) is 19.8 Å². The Morgan fingerprint density at radius 1 is 1.24 bits per heavy atom. The molecule has 0 aliphatic rings. The summed E-state index contributed by atoms with van der Waals surface area (Å²) < 4.78 is 41.5. The first-order valence-electron chi connectivity index (χ1n) is 7.75. The summed E-state index contributed by atoms with van der Waals surface area (Å²) in [5.74, 6) is -0.855. The highest BCUT2D eigenvalue weighted by molar-refractivity contribution is 9.10. The molecule has 3 aromatic rings. The van der Waals surface area contributed by atoms with E-state index in [0.29, 0.717) is 19.2 Å². The average Bonchev–Trinajstić information content (AvgIpc) is 3.08. The molecule has 6 nitrogen and oxygen atoms in total. The van der Waals surface area contributed by atoms with E-state index >= 15 is 0 Å². The quantitative estimate of drug-likeness (QED) is 0.473. The van der Waals surface area contributed by atoms with Crippen molar-refractivity contribution < 1.29 is 18.0 Å². The Labute approximate surface area is 185 Å². The molecule has 2 heterocycles. The molecule has 1 aromatic carbocycles. The van der Waals surface area contributed by atoms with E-state index in [1.54, 1.807) is 24.4 Å². The molecule has 13 heteroatoms. The Morgan fingerprint density at radius 3 is 2.52 bits per heavy atom. The van der Waals surface area contributed by atoms with E-state index in [9.17, 15) is 18.0 Å². The number of hydrogen-bond donors (Lipinski definition) is 1. The number of alkyl halides is 3. The second-order valence-electron chi connectivity index (χ2n) is 5.85. The molecule has 0 unspecified atom stereocenters. The molecular weight excluding hydrogens is 521 g/mol. The van der Waals surface area contributed by atoms with Crippen LogP contribution in [0.1, 0.15) is 21.7 Å². The lowest BCUT2D eigenvalue weighted by atomic mass is 10.2. The SMILES string of the molecule is Cn1nc(C(=O)Nc2nn(Cc3ccc(Cl)cc3Cl)cc2Br)c(Cl)c1C(F)(F)F. The van der Waals surface area contributed by atoms with E-state index in [2.05, 4.69) is 31.4 Å². The molecule has 0 atom stereocenters. The van der Waals surface area contributed by atoms with Crippen LogP contribution in [0.25, 0.3) is 0 Å². The largest absolute Gasteiger partial charge is 0.434 e. The lowest BCUT2D eigenvalue weighted by Gasteiger charge is -2.06. The number of nitrogens with one attached hydrogen (secondary N) is 1. The molecule has 3 rings (SSSR count). The second-order valence-corrected chi connectivity index (χ2v) is 7.92. The number of nitrogens with zero attached hydrogens (tertiary/aromatic N) is 4. The molecule has 0 aliphatic carbocycles. The van der Waals surface area contributed by atoms with Crippen LogP contribution in [0.15, 0.2) is 28.9 Å². The van der Waals surface area contributed by atoms with Gasteiger partial charge in [0.05, 0.1) is 11.0 Å². The Morgan fingerprint density at radius 2 is 1.93 bits per heavy atom. The molecule has 154 valence electrons. The fourth-order valence-corrected chi connectivity index (χ4v) is 3.74. The van der Waals surface area contributed by atoms with E-state index in [-0.39, 0.29) is 12.4 Å². The van der Waals surface area contributed by atoms with E-state index in [1.807, 2.05) is 0 Å². The van der Waals surface area contributed by atoms with Crippen molar-refractivity contribution in [1.82, 2.24) is 19.6 Å². The highest BCUT2D eigenvalue weighted by atomic mass is 79.9. The maximum atomic E-state index is 13.0. The van der Waals surface area contributed by atoms with Gasteiger partial charge < -0.3 is 5.32 Å². The van der Waals surface area contributed by atoms with Gasteiger partial charge in [0.2, 0.25) is 0 Å². The number of carbonyl (C=O) groups is 1. The molecular formula is C16H10BrCl3F3N5O. The predicted molar refractivity (Wildman–Crippen MR) is 107 cm³/mol. The summed E-state index contributed by atoms with van der Waals surface area (Å²) in [6, 6.07) is 4.98. The van der Waals surface area contributed by atoms with Crippen LogP contribution in [0.2, 0.25) is 15.1 Å². The van der Waals surface area contributed by atoms with Crippen molar-refractivity contribution >= 4 is 62.5 Å². The topological polar surface area (TPSA) is 64.7 Å². The van der Waals surface area contributed by atoms with Crippen molar-refractivity contribution in [3.8, 4) is 0 Å². The number of halogens is 7. The zero-order chi connectivity index (χ0) is 21.5. The lowest BCUT2D eigenvalue weighted by Crippen LogP contribution is -2.14. The molecule has 1 N–H and O–H groups in total. The Bertz CT molecular complexity index is 1100. The minimum Gasteiger partial charge on any atom is -0.303 e. The van der Waals surface area contributed by atoms with Gasteiger partial charge in [-0.05, 0) is 33.6 Å². The molecule has 0 fully saturated rings. The predicted octanol–water partition coefficient (Wildman–Crippen LogP) is 5.66. The number of rotatable bonds is 4. The van der Waals surface area contributed by atoms with Crippen molar-refractivity contribution in [3.63, 3.8) is 0 Å². The van der Waals surface area contributed by atoms with Crippen molar-refractivity contribution in [2.24, 2.45) is 7.05 Å². The maximum Gasteiger partial charge on any atom is 0.434 e. The molecule has 1 amide bonds. The minimum atomic E-state index is -4.75. The summed E-state index contributed by atoms with van der Waals surface area (Å²) in [7, 11) is 1.05. The molecule has 29 heavy (non-hydrogen) atoms. The summed E-state index contributed by atoms with van der Waals surface area (Å²) in [6.07, 6.45) is -3.18. The van der Waals surface area contributed by atoms with Crippen molar-refractivity contribution in [3.05, 3.63) is 60.9 Å². The number of aromatic nitrogens is 4. The average molecular weight is 532 g/mol.